The monoisotopic (exact) mass is 2280 g/mol. The number of hydrogen-bond donors (Lipinski definition) is 0. The molecule has 730 valence electrons. The first-order valence-electron chi connectivity index (χ1n) is 47.5. The zero-order chi connectivity index (χ0) is 101. The summed E-state index contributed by atoms with van der Waals surface area (Å²) in [5, 5.41) is 8.29. The number of hydrogen-bond acceptors (Lipinski definition) is 17. The fourth-order valence-electron chi connectivity index (χ4n) is 12.6. The number of terminal acetylenes is 3. The Morgan fingerprint density at radius 2 is 0.625 bits per heavy atom. The maximum atomic E-state index is 6.49. The van der Waals surface area contributed by atoms with Gasteiger partial charge in [-0.25, -0.2) is 0 Å². The van der Waals surface area contributed by atoms with Gasteiger partial charge in [0.1, 0.15) is 40.4 Å². The molecule has 13 heterocycles. The van der Waals surface area contributed by atoms with Crippen LogP contribution in [0.3, 0.4) is 0 Å². The summed E-state index contributed by atoms with van der Waals surface area (Å²) in [5.74, 6) is 19.6. The van der Waals surface area contributed by atoms with E-state index in [2.05, 4.69) is 369 Å². The molecule has 0 N–H and O–H groups in total. The first-order valence-corrected chi connectivity index (χ1v) is 75.8. The van der Waals surface area contributed by atoms with Crippen molar-refractivity contribution in [1.29, 1.82) is 0 Å². The fraction of sp³-hybridized carbons (Fsp3) is 0.500. The standard InChI is InChI=1S/C36H36S5.C26H42B2O4SSi2.C14H17BrS2.C14H20SSi2.C9H19BO3.C5H10Si.C4H2Br2S/c1-5-9-11-13-15-25-17-19-29(37-25)31-21-23-33(39-31)35-27(7-3)28(8-4)36(41-35)34-24-22-32(40-34)30-20-18-26(38-30)16-14-12-10-6-2;1-23(2)24(3,4)30-27(29-23)21-19(15-17-34(9,10)11)20(16-18-35(12,13)14)22(33-21)28-31-25(5,6)26(7,8)32-28;1-2-3-4-5-6-11-7-8-12(16-11)13-9-10-14(15)17-13;1-16(2,3)9-7-13-11-15-12-14(13)8-10-17(4,5)6;1-7(2)11-10-12-8(3,4)9(5,6)13-10;1-5-6(2,3)4;5-3-1-7-2-4(3)6/h3-4,17-24H,5-6,9-16H2,1-2H3;1-14H3;7-10H,2-6H2,1H3;11-12H,1-6H3;7H,1-6H3;1H,2-4H3;1-2H. The van der Waals surface area contributed by atoms with Crippen molar-refractivity contribution >= 4 is 233 Å². The number of rotatable bonds is 24. The zero-order valence-electron chi connectivity index (χ0n) is 87.0. The first kappa shape index (κ1) is 119. The highest BCUT2D eigenvalue weighted by Crippen LogP contribution is 2.50. The van der Waals surface area contributed by atoms with Crippen LogP contribution < -0.4 is 9.55 Å². The van der Waals surface area contributed by atoms with Gasteiger partial charge in [0.05, 0.1) is 79.0 Å². The summed E-state index contributed by atoms with van der Waals surface area (Å²) in [6.45, 7) is 68.9. The number of halogens is 3. The van der Waals surface area contributed by atoms with E-state index in [0.717, 1.165) is 61.6 Å². The average molecular weight is 2290 g/mol. The summed E-state index contributed by atoms with van der Waals surface area (Å²) in [7, 11) is -8.54. The lowest BCUT2D eigenvalue weighted by Gasteiger charge is -2.32. The van der Waals surface area contributed by atoms with Crippen LogP contribution >= 0.6 is 161 Å². The second kappa shape index (κ2) is 52.9. The molecule has 10 aromatic rings. The maximum Gasteiger partial charge on any atom is 0.640 e. The topological polar surface area (TPSA) is 64.6 Å². The number of aryl methyl sites for hydroxylation is 3. The molecule has 10 aromatic heterocycles. The molecule has 3 aliphatic heterocycles. The Balaban J connectivity index is 0.000000237. The van der Waals surface area contributed by atoms with E-state index in [1.165, 1.54) is 154 Å². The maximum absolute atomic E-state index is 6.49. The summed E-state index contributed by atoms with van der Waals surface area (Å²) < 4.78 is 48.1. The lowest BCUT2D eigenvalue weighted by molar-refractivity contribution is 0.00578. The van der Waals surface area contributed by atoms with Crippen LogP contribution in [0.15, 0.2) is 107 Å². The van der Waals surface area contributed by atoms with Crippen LogP contribution in [0, 0.1) is 82.5 Å². The molecule has 0 atom stereocenters. The summed E-state index contributed by atoms with van der Waals surface area (Å²) in [4.78, 5) is 17.2. The van der Waals surface area contributed by atoms with E-state index in [1.807, 2.05) is 120 Å². The molecule has 0 saturated carbocycles. The van der Waals surface area contributed by atoms with E-state index < -0.39 is 84.3 Å². The molecular weight excluding hydrogens is 2140 g/mol. The van der Waals surface area contributed by atoms with Crippen LogP contribution in [0.4, 0.5) is 0 Å². The van der Waals surface area contributed by atoms with E-state index in [0.29, 0.717) is 0 Å². The smallest absolute Gasteiger partial charge is 0.399 e. The Morgan fingerprint density at radius 3 is 0.904 bits per heavy atom. The summed E-state index contributed by atoms with van der Waals surface area (Å²) in [6, 6.07) is 26.9. The lowest BCUT2D eigenvalue weighted by atomic mass is 9.79. The molecule has 7 nitrogen and oxygen atoms in total. The van der Waals surface area contributed by atoms with Gasteiger partial charge in [0, 0.05) is 101 Å². The predicted molar refractivity (Wildman–Crippen MR) is 637 cm³/mol. The molecule has 0 bridgehead atoms. The van der Waals surface area contributed by atoms with Crippen molar-refractivity contribution in [3.05, 3.63) is 155 Å². The average Bonchev–Trinajstić information content (AvgIpc) is 1.58. The zero-order valence-corrected chi connectivity index (χ0v) is 105. The van der Waals surface area contributed by atoms with Crippen LogP contribution in [-0.2, 0) is 51.8 Å². The number of thiophene rings is 10. The van der Waals surface area contributed by atoms with Crippen molar-refractivity contribution in [3.8, 4) is 131 Å². The van der Waals surface area contributed by atoms with Crippen molar-refractivity contribution in [2.45, 2.75) is 352 Å². The Kier molecular flexibility index (Phi) is 46.4. The normalized spacial score (nSPS) is 15.3. The van der Waals surface area contributed by atoms with Gasteiger partial charge in [-0.15, -0.1) is 138 Å². The molecule has 3 saturated heterocycles. The second-order valence-corrected chi connectivity index (χ2v) is 79.8. The van der Waals surface area contributed by atoms with E-state index in [1.54, 1.807) is 45.3 Å². The van der Waals surface area contributed by atoms with Gasteiger partial charge < -0.3 is 32.6 Å². The molecule has 136 heavy (non-hydrogen) atoms. The molecule has 0 unspecified atom stereocenters. The van der Waals surface area contributed by atoms with E-state index >= 15 is 0 Å². The summed E-state index contributed by atoms with van der Waals surface area (Å²) in [6.07, 6.45) is 36.8. The van der Waals surface area contributed by atoms with Gasteiger partial charge in [-0.3, -0.25) is 0 Å². The minimum absolute atomic E-state index is 0.120. The lowest BCUT2D eigenvalue weighted by Crippen LogP contribution is -2.41. The molecule has 0 aliphatic carbocycles. The highest BCUT2D eigenvalue weighted by atomic mass is 79.9. The summed E-state index contributed by atoms with van der Waals surface area (Å²) in [5.41, 5.74) is 20.0. The van der Waals surface area contributed by atoms with Crippen LogP contribution in [0.25, 0.3) is 48.8 Å². The third-order valence-corrected chi connectivity index (χ3v) is 41.3. The molecule has 3 fully saturated rings. The Hall–Kier alpha value is -3.64. The predicted octanol–water partition coefficient (Wildman–Crippen LogP) is 35.0. The second-order valence-electron chi connectivity index (χ2n) is 42.6. The third kappa shape index (κ3) is 37.8. The van der Waals surface area contributed by atoms with Crippen LogP contribution in [0.1, 0.15) is 243 Å². The molecule has 0 aromatic carbocycles. The van der Waals surface area contributed by atoms with Crippen LogP contribution in [0.5, 0.6) is 0 Å². The molecule has 28 heteroatoms. The van der Waals surface area contributed by atoms with Crippen molar-refractivity contribution in [3.63, 3.8) is 0 Å². The summed E-state index contributed by atoms with van der Waals surface area (Å²) >= 11 is 28.1. The fourth-order valence-corrected chi connectivity index (χ4v) is 26.5. The van der Waals surface area contributed by atoms with E-state index in [-0.39, 0.29) is 17.3 Å². The van der Waals surface area contributed by atoms with Gasteiger partial charge in [0.25, 0.3) is 0 Å². The third-order valence-electron chi connectivity index (χ3n) is 22.4. The Morgan fingerprint density at radius 1 is 0.338 bits per heavy atom. The van der Waals surface area contributed by atoms with Crippen molar-refractivity contribution in [2.24, 2.45) is 0 Å². The van der Waals surface area contributed by atoms with E-state index in [9.17, 15) is 0 Å². The SMILES string of the molecule is Brc1cscc1Br.C#C[Si](C)(C)C.C#Cc1c(-c2ccc(-c3ccc(CCCCCC)s3)s2)sc(-c2ccc(-c3ccc(CCCCCC)s3)s2)c1C#C.CC(C)OB1OC(C)(C)C(C)(C)O1.CC1(C)OB(c2sc(B3OC(C)(C)C(C)(C)O3)c(C#C[Si](C)(C)C)c2C#C[Si](C)(C)C)OC1(C)C.CCCCCCc1ccc(-c2ccc(Br)s2)s1.C[Si](C)(C)C#Cc1cscc1C#C[Si](C)(C)C. The molecule has 0 amide bonds. The van der Waals surface area contributed by atoms with Gasteiger partial charge in [-0.1, -0.05) is 212 Å². The molecule has 3 aliphatic rings. The quantitative estimate of drug-likeness (QED) is 0.0339. The van der Waals surface area contributed by atoms with Crippen LogP contribution in [-0.4, -0.2) is 102 Å². The Labute approximate surface area is 893 Å². The minimum Gasteiger partial charge on any atom is -0.399 e. The Bertz CT molecular complexity index is 5600. The van der Waals surface area contributed by atoms with E-state index in [4.69, 9.17) is 51.9 Å². The molecule has 0 radical (unpaired) electrons. The van der Waals surface area contributed by atoms with Gasteiger partial charge in [0.2, 0.25) is 0 Å². The minimum atomic E-state index is -1.65. The molecule has 13 rings (SSSR count). The highest BCUT2D eigenvalue weighted by Gasteiger charge is 2.57. The van der Waals surface area contributed by atoms with Gasteiger partial charge in [-0.05, 0) is 256 Å². The van der Waals surface area contributed by atoms with Crippen LogP contribution in [0.2, 0.25) is 98.2 Å². The first-order chi connectivity index (χ1) is 63.3. The van der Waals surface area contributed by atoms with Gasteiger partial charge >= 0.3 is 21.6 Å². The number of unbranched alkanes of at least 4 members (excludes halogenated alkanes) is 9. The highest BCUT2D eigenvalue weighted by molar-refractivity contribution is 9.13. The van der Waals surface area contributed by atoms with Crippen molar-refractivity contribution in [2.75, 3.05) is 0 Å². The van der Waals surface area contributed by atoms with Crippen molar-refractivity contribution in [1.82, 2.24) is 0 Å². The van der Waals surface area contributed by atoms with Crippen molar-refractivity contribution < 1.29 is 32.6 Å². The molecular formula is C108H146B3Br3O7S10Si5. The van der Waals surface area contributed by atoms with Gasteiger partial charge in [-0.2, -0.15) is 22.7 Å². The largest absolute Gasteiger partial charge is 0.640 e. The van der Waals surface area contributed by atoms with Gasteiger partial charge in [0.15, 0.2) is 0 Å². The molecule has 0 spiro atoms.